The molecule has 0 spiro atoms. The Bertz CT molecular complexity index is 347. The molecule has 0 aromatic heterocycles. The largest absolute Gasteiger partial charge is 0.324 e. The van der Waals surface area contributed by atoms with Crippen molar-refractivity contribution in [3.8, 4) is 6.07 Å². The zero-order chi connectivity index (χ0) is 12.0. The van der Waals surface area contributed by atoms with E-state index >= 15 is 0 Å². The maximum absolute atomic E-state index is 9.15. The van der Waals surface area contributed by atoms with Gasteiger partial charge in [0.05, 0.1) is 6.07 Å². The molecular weight excluding hydrogens is 208 g/mol. The van der Waals surface area contributed by atoms with Gasteiger partial charge in [0.25, 0.3) is 0 Å². The van der Waals surface area contributed by atoms with Crippen LogP contribution in [0.15, 0.2) is 11.6 Å². The first-order valence-electron chi connectivity index (χ1n) is 7.04. The minimum Gasteiger partial charge on any atom is -0.324 e. The van der Waals surface area contributed by atoms with Gasteiger partial charge in [-0.25, -0.2) is 0 Å². The number of hydrogen-bond donors (Lipinski definition) is 1. The molecule has 92 valence electrons. The second-order valence-corrected chi connectivity index (χ2v) is 6.53. The lowest BCUT2D eigenvalue weighted by Gasteiger charge is -2.53. The summed E-state index contributed by atoms with van der Waals surface area (Å²) in [7, 11) is 0. The van der Waals surface area contributed by atoms with Crippen LogP contribution in [0.25, 0.3) is 0 Å². The average Bonchev–Trinajstić information content (AvgIpc) is 2.27. The zero-order valence-corrected chi connectivity index (χ0v) is 10.6. The molecule has 2 nitrogen and oxygen atoms in total. The van der Waals surface area contributed by atoms with Gasteiger partial charge in [-0.2, -0.15) is 5.26 Å². The van der Waals surface area contributed by atoms with E-state index in [-0.39, 0.29) is 6.04 Å². The van der Waals surface area contributed by atoms with Crippen LogP contribution >= 0.6 is 0 Å². The van der Waals surface area contributed by atoms with Crippen molar-refractivity contribution in [2.45, 2.75) is 45.1 Å². The van der Waals surface area contributed by atoms with E-state index in [0.717, 1.165) is 29.2 Å². The van der Waals surface area contributed by atoms with Gasteiger partial charge in [0.2, 0.25) is 0 Å². The molecule has 1 unspecified atom stereocenters. The fraction of sp³-hybridized carbons (Fsp3) is 0.800. The Kier molecular flexibility index (Phi) is 2.75. The molecule has 2 heteroatoms. The van der Waals surface area contributed by atoms with Gasteiger partial charge < -0.3 is 5.73 Å². The van der Waals surface area contributed by atoms with Crippen molar-refractivity contribution in [2.75, 3.05) is 0 Å². The van der Waals surface area contributed by atoms with E-state index in [1.165, 1.54) is 32.1 Å². The SMILES string of the molecule is CC(N)/C(C#N)=C\C1C2CC3CC(C2)CC1C3. The maximum atomic E-state index is 9.15. The fourth-order valence-electron chi connectivity index (χ4n) is 4.74. The van der Waals surface area contributed by atoms with E-state index in [9.17, 15) is 0 Å². The Morgan fingerprint density at radius 1 is 1.18 bits per heavy atom. The highest BCUT2D eigenvalue weighted by atomic mass is 14.6. The molecule has 4 fully saturated rings. The molecule has 0 amide bonds. The predicted molar refractivity (Wildman–Crippen MR) is 67.9 cm³/mol. The molecule has 0 aromatic carbocycles. The summed E-state index contributed by atoms with van der Waals surface area (Å²) in [5, 5.41) is 9.15. The Morgan fingerprint density at radius 2 is 1.71 bits per heavy atom. The number of rotatable bonds is 2. The third-order valence-electron chi connectivity index (χ3n) is 5.29. The van der Waals surface area contributed by atoms with Gasteiger partial charge in [0.15, 0.2) is 0 Å². The molecule has 2 N–H and O–H groups in total. The quantitative estimate of drug-likeness (QED) is 0.742. The van der Waals surface area contributed by atoms with E-state index < -0.39 is 0 Å². The number of nitrogens with two attached hydrogens (primary N) is 1. The molecule has 4 aliphatic rings. The highest BCUT2D eigenvalue weighted by molar-refractivity contribution is 5.27. The highest BCUT2D eigenvalue weighted by Crippen LogP contribution is 2.57. The first kappa shape index (κ1) is 11.3. The molecule has 4 saturated carbocycles. The van der Waals surface area contributed by atoms with Crippen LogP contribution in [0.3, 0.4) is 0 Å². The Labute approximate surface area is 104 Å². The van der Waals surface area contributed by atoms with E-state index in [2.05, 4.69) is 12.1 Å². The van der Waals surface area contributed by atoms with Gasteiger partial charge in [-0.15, -0.1) is 0 Å². The summed E-state index contributed by atoms with van der Waals surface area (Å²) in [4.78, 5) is 0. The number of hydrogen-bond acceptors (Lipinski definition) is 2. The summed E-state index contributed by atoms with van der Waals surface area (Å²) >= 11 is 0. The number of allylic oxidation sites excluding steroid dienone is 1. The topological polar surface area (TPSA) is 49.8 Å². The average molecular weight is 230 g/mol. The van der Waals surface area contributed by atoms with Gasteiger partial charge in [-0.3, -0.25) is 0 Å². The van der Waals surface area contributed by atoms with Crippen LogP contribution in [0.1, 0.15) is 39.0 Å². The van der Waals surface area contributed by atoms with Crippen molar-refractivity contribution in [1.29, 1.82) is 5.26 Å². The summed E-state index contributed by atoms with van der Waals surface area (Å²) in [6.07, 6.45) is 9.36. The van der Waals surface area contributed by atoms with Crippen LogP contribution in [-0.4, -0.2) is 6.04 Å². The monoisotopic (exact) mass is 230 g/mol. The van der Waals surface area contributed by atoms with Crippen LogP contribution in [-0.2, 0) is 0 Å². The van der Waals surface area contributed by atoms with Crippen LogP contribution in [0.5, 0.6) is 0 Å². The van der Waals surface area contributed by atoms with E-state index in [1.807, 2.05) is 6.92 Å². The predicted octanol–water partition coefficient (Wildman–Crippen LogP) is 2.86. The van der Waals surface area contributed by atoms with Gasteiger partial charge in [0.1, 0.15) is 0 Å². The Hall–Kier alpha value is -0.810. The number of nitriles is 1. The molecule has 0 saturated heterocycles. The maximum Gasteiger partial charge on any atom is 0.0960 e. The van der Waals surface area contributed by atoms with Gasteiger partial charge in [-0.05, 0) is 68.6 Å². The Morgan fingerprint density at radius 3 is 2.12 bits per heavy atom. The van der Waals surface area contributed by atoms with Gasteiger partial charge in [-0.1, -0.05) is 6.08 Å². The molecule has 17 heavy (non-hydrogen) atoms. The lowest BCUT2D eigenvalue weighted by Crippen LogP contribution is -2.44. The molecule has 0 aliphatic heterocycles. The van der Waals surface area contributed by atoms with Crippen LogP contribution < -0.4 is 5.73 Å². The molecule has 4 bridgehead atoms. The van der Waals surface area contributed by atoms with E-state index in [0.29, 0.717) is 5.92 Å². The molecular formula is C15H22N2. The lowest BCUT2D eigenvalue weighted by atomic mass is 9.51. The summed E-state index contributed by atoms with van der Waals surface area (Å²) in [5.74, 6) is 4.37. The molecule has 0 aromatic rings. The first-order chi connectivity index (χ1) is 8.17. The third kappa shape index (κ3) is 1.91. The van der Waals surface area contributed by atoms with Crippen LogP contribution in [0.4, 0.5) is 0 Å². The zero-order valence-electron chi connectivity index (χ0n) is 10.6. The normalized spacial score (nSPS) is 45.7. The summed E-state index contributed by atoms with van der Waals surface area (Å²) < 4.78 is 0. The van der Waals surface area contributed by atoms with Gasteiger partial charge >= 0.3 is 0 Å². The van der Waals surface area contributed by atoms with Crippen molar-refractivity contribution in [1.82, 2.24) is 0 Å². The molecule has 4 rings (SSSR count). The molecule has 1 atom stereocenters. The fourth-order valence-corrected chi connectivity index (χ4v) is 4.74. The number of nitrogens with zero attached hydrogens (tertiary/aromatic N) is 1. The first-order valence-corrected chi connectivity index (χ1v) is 7.04. The third-order valence-corrected chi connectivity index (χ3v) is 5.29. The van der Waals surface area contributed by atoms with Gasteiger partial charge in [0, 0.05) is 11.6 Å². The second-order valence-electron chi connectivity index (χ2n) is 6.53. The molecule has 0 radical (unpaired) electrons. The van der Waals surface area contributed by atoms with E-state index in [1.54, 1.807) is 0 Å². The summed E-state index contributed by atoms with van der Waals surface area (Å²) in [6.45, 7) is 1.92. The minimum atomic E-state index is -0.0998. The summed E-state index contributed by atoms with van der Waals surface area (Å²) in [6, 6.07) is 2.20. The van der Waals surface area contributed by atoms with Crippen molar-refractivity contribution in [2.24, 2.45) is 35.3 Å². The van der Waals surface area contributed by atoms with Crippen molar-refractivity contribution >= 4 is 0 Å². The molecule has 4 aliphatic carbocycles. The van der Waals surface area contributed by atoms with Crippen molar-refractivity contribution in [3.05, 3.63) is 11.6 Å². The molecule has 0 heterocycles. The van der Waals surface area contributed by atoms with Crippen molar-refractivity contribution in [3.63, 3.8) is 0 Å². The Balaban J connectivity index is 1.83. The highest BCUT2D eigenvalue weighted by Gasteiger charge is 2.47. The van der Waals surface area contributed by atoms with Crippen molar-refractivity contribution < 1.29 is 0 Å². The minimum absolute atomic E-state index is 0.0998. The van der Waals surface area contributed by atoms with Crippen LogP contribution in [0.2, 0.25) is 0 Å². The lowest BCUT2D eigenvalue weighted by molar-refractivity contribution is -0.0164. The second kappa shape index (κ2) is 4.14. The smallest absolute Gasteiger partial charge is 0.0960 e. The van der Waals surface area contributed by atoms with Crippen LogP contribution in [0, 0.1) is 40.9 Å². The van der Waals surface area contributed by atoms with E-state index in [4.69, 9.17) is 11.0 Å². The standard InChI is InChI=1S/C15H22N2/c1-9(17)14(8-16)7-15-12-3-10-2-11(5-12)6-13(15)4-10/h7,9-13,15H,2-6,17H2,1H3/b14-7-. The summed E-state index contributed by atoms with van der Waals surface area (Å²) in [5.41, 5.74) is 6.67.